The fraction of sp³-hybridized carbons (Fsp3) is 1.00. The lowest BCUT2D eigenvalue weighted by atomic mass is 10.1. The number of rotatable bonds is 20. The Morgan fingerprint density at radius 2 is 0.800 bits per heavy atom. The zero-order valence-corrected chi connectivity index (χ0v) is 18.5. The molecule has 0 atom stereocenters. The van der Waals surface area contributed by atoms with E-state index in [1.54, 1.807) is 0 Å². The zero-order valence-electron chi connectivity index (χ0n) is 18.5. The summed E-state index contributed by atoms with van der Waals surface area (Å²) < 4.78 is 0. The largest absolute Gasteiger partial charge is 0.303 e. The number of hydrogen-bond donors (Lipinski definition) is 0. The Labute approximate surface area is 161 Å². The van der Waals surface area contributed by atoms with E-state index in [1.807, 2.05) is 0 Å². The predicted octanol–water partition coefficient (Wildman–Crippen LogP) is 8.23. The Morgan fingerprint density at radius 3 is 1.12 bits per heavy atom. The van der Waals surface area contributed by atoms with E-state index in [2.05, 4.69) is 32.6 Å². The molecule has 0 spiro atoms. The van der Waals surface area contributed by atoms with Crippen LogP contribution >= 0.6 is 0 Å². The van der Waals surface area contributed by atoms with Crippen LogP contribution in [0.15, 0.2) is 0 Å². The molecule has 0 aliphatic heterocycles. The molecule has 1 heteroatoms. The fourth-order valence-corrected chi connectivity index (χ4v) is 3.75. The van der Waals surface area contributed by atoms with Crippen molar-refractivity contribution in [1.29, 1.82) is 0 Å². The van der Waals surface area contributed by atoms with Crippen molar-refractivity contribution in [2.75, 3.05) is 19.6 Å². The first-order valence-corrected chi connectivity index (χ1v) is 11.9. The molecule has 0 fully saturated rings. The molecular weight excluding hydrogens is 302 g/mol. The van der Waals surface area contributed by atoms with Gasteiger partial charge in [0.25, 0.3) is 0 Å². The van der Waals surface area contributed by atoms with Crippen LogP contribution in [0.1, 0.15) is 130 Å². The van der Waals surface area contributed by atoms with Gasteiger partial charge in [-0.2, -0.15) is 0 Å². The molecule has 0 aromatic carbocycles. The van der Waals surface area contributed by atoms with Gasteiger partial charge in [0.1, 0.15) is 0 Å². The highest BCUT2D eigenvalue weighted by atomic mass is 15.1. The Kier molecular flexibility index (Phi) is 20.2. The summed E-state index contributed by atoms with van der Waals surface area (Å²) in [5.41, 5.74) is 0. The van der Waals surface area contributed by atoms with Crippen molar-refractivity contribution in [3.8, 4) is 0 Å². The summed E-state index contributed by atoms with van der Waals surface area (Å²) in [6, 6.07) is 0. The van der Waals surface area contributed by atoms with Crippen molar-refractivity contribution >= 4 is 0 Å². The van der Waals surface area contributed by atoms with Crippen LogP contribution in [0.3, 0.4) is 0 Å². The van der Waals surface area contributed by atoms with E-state index in [-0.39, 0.29) is 0 Å². The SMILES string of the molecule is CCCCCCCCCCN(CCCCCCCCCC)CC(C)C. The van der Waals surface area contributed by atoms with Crippen molar-refractivity contribution in [2.45, 2.75) is 130 Å². The molecule has 0 aliphatic rings. The van der Waals surface area contributed by atoms with Crippen molar-refractivity contribution in [1.82, 2.24) is 4.90 Å². The molecule has 0 bridgehead atoms. The standard InChI is InChI=1S/C24H51N/c1-5-7-9-11-13-15-17-19-21-25(23-24(3)4)22-20-18-16-14-12-10-8-6-2/h24H,5-23H2,1-4H3. The van der Waals surface area contributed by atoms with Crippen LogP contribution in [0.4, 0.5) is 0 Å². The number of unbranched alkanes of at least 4 members (excludes halogenated alkanes) is 14. The summed E-state index contributed by atoms with van der Waals surface area (Å²) in [7, 11) is 0. The topological polar surface area (TPSA) is 3.24 Å². The maximum atomic E-state index is 2.75. The minimum absolute atomic E-state index is 0.808. The minimum atomic E-state index is 0.808. The highest BCUT2D eigenvalue weighted by molar-refractivity contribution is 4.61. The van der Waals surface area contributed by atoms with Gasteiger partial charge in [-0.1, -0.05) is 118 Å². The van der Waals surface area contributed by atoms with E-state index in [9.17, 15) is 0 Å². The second-order valence-corrected chi connectivity index (χ2v) is 8.64. The minimum Gasteiger partial charge on any atom is -0.303 e. The highest BCUT2D eigenvalue weighted by Gasteiger charge is 2.07. The molecule has 0 rings (SSSR count). The summed E-state index contributed by atoms with van der Waals surface area (Å²) in [6.45, 7) is 13.3. The summed E-state index contributed by atoms with van der Waals surface area (Å²) >= 11 is 0. The number of nitrogens with zero attached hydrogens (tertiary/aromatic N) is 1. The first-order chi connectivity index (χ1) is 12.2. The van der Waals surface area contributed by atoms with Crippen LogP contribution in [-0.2, 0) is 0 Å². The van der Waals surface area contributed by atoms with Crippen molar-refractivity contribution in [3.63, 3.8) is 0 Å². The summed E-state index contributed by atoms with van der Waals surface area (Å²) in [5, 5.41) is 0. The van der Waals surface area contributed by atoms with Gasteiger partial charge in [-0.05, 0) is 31.8 Å². The van der Waals surface area contributed by atoms with E-state index < -0.39 is 0 Å². The third kappa shape index (κ3) is 20.1. The molecular formula is C24H51N. The lowest BCUT2D eigenvalue weighted by Crippen LogP contribution is -2.30. The first kappa shape index (κ1) is 25.0. The van der Waals surface area contributed by atoms with Gasteiger partial charge >= 0.3 is 0 Å². The Balaban J connectivity index is 3.58. The van der Waals surface area contributed by atoms with E-state index in [0.29, 0.717) is 0 Å². The van der Waals surface area contributed by atoms with Crippen molar-refractivity contribution in [3.05, 3.63) is 0 Å². The molecule has 1 nitrogen and oxygen atoms in total. The maximum Gasteiger partial charge on any atom is 0.000438 e. The summed E-state index contributed by atoms with van der Waals surface area (Å²) in [6.07, 6.45) is 23.0. The van der Waals surface area contributed by atoms with Gasteiger partial charge in [0.2, 0.25) is 0 Å². The quantitative estimate of drug-likeness (QED) is 0.199. The molecule has 0 N–H and O–H groups in total. The van der Waals surface area contributed by atoms with Crippen LogP contribution in [0, 0.1) is 5.92 Å². The van der Waals surface area contributed by atoms with Crippen LogP contribution in [0.2, 0.25) is 0 Å². The van der Waals surface area contributed by atoms with Gasteiger partial charge in [0.15, 0.2) is 0 Å². The molecule has 0 amide bonds. The van der Waals surface area contributed by atoms with Crippen molar-refractivity contribution < 1.29 is 0 Å². The summed E-state index contributed by atoms with van der Waals surface area (Å²) in [4.78, 5) is 2.75. The van der Waals surface area contributed by atoms with Crippen LogP contribution in [0.5, 0.6) is 0 Å². The Morgan fingerprint density at radius 1 is 0.480 bits per heavy atom. The van der Waals surface area contributed by atoms with Crippen molar-refractivity contribution in [2.24, 2.45) is 5.92 Å². The van der Waals surface area contributed by atoms with Gasteiger partial charge in [-0.15, -0.1) is 0 Å². The van der Waals surface area contributed by atoms with E-state index in [0.717, 1.165) is 5.92 Å². The summed E-state index contributed by atoms with van der Waals surface area (Å²) in [5.74, 6) is 0.808. The molecule has 0 saturated heterocycles. The van der Waals surface area contributed by atoms with Gasteiger partial charge in [0.05, 0.1) is 0 Å². The smallest absolute Gasteiger partial charge is 0.000438 e. The van der Waals surface area contributed by atoms with Gasteiger partial charge in [-0.3, -0.25) is 0 Å². The van der Waals surface area contributed by atoms with E-state index in [4.69, 9.17) is 0 Å². The molecule has 0 radical (unpaired) electrons. The van der Waals surface area contributed by atoms with Crippen LogP contribution < -0.4 is 0 Å². The highest BCUT2D eigenvalue weighted by Crippen LogP contribution is 2.12. The molecule has 0 aromatic rings. The van der Waals surface area contributed by atoms with E-state index in [1.165, 1.54) is 122 Å². The molecule has 152 valence electrons. The zero-order chi connectivity index (χ0) is 18.6. The molecule has 0 aromatic heterocycles. The monoisotopic (exact) mass is 353 g/mol. The fourth-order valence-electron chi connectivity index (χ4n) is 3.75. The average molecular weight is 354 g/mol. The Bertz CT molecular complexity index is 216. The van der Waals surface area contributed by atoms with Gasteiger partial charge in [-0.25, -0.2) is 0 Å². The van der Waals surface area contributed by atoms with E-state index >= 15 is 0 Å². The molecule has 0 saturated carbocycles. The van der Waals surface area contributed by atoms with Gasteiger partial charge < -0.3 is 4.90 Å². The second kappa shape index (κ2) is 20.3. The third-order valence-electron chi connectivity index (χ3n) is 5.28. The predicted molar refractivity (Wildman–Crippen MR) is 116 cm³/mol. The van der Waals surface area contributed by atoms with Crippen LogP contribution in [-0.4, -0.2) is 24.5 Å². The average Bonchev–Trinajstić information content (AvgIpc) is 2.58. The van der Waals surface area contributed by atoms with Crippen LogP contribution in [0.25, 0.3) is 0 Å². The normalized spacial score (nSPS) is 11.8. The molecule has 0 heterocycles. The number of hydrogen-bond acceptors (Lipinski definition) is 1. The molecule has 25 heavy (non-hydrogen) atoms. The van der Waals surface area contributed by atoms with Gasteiger partial charge in [0, 0.05) is 6.54 Å². The second-order valence-electron chi connectivity index (χ2n) is 8.64. The maximum absolute atomic E-state index is 2.75. The molecule has 0 aliphatic carbocycles. The Hall–Kier alpha value is -0.0400. The third-order valence-corrected chi connectivity index (χ3v) is 5.28. The molecule has 0 unspecified atom stereocenters. The first-order valence-electron chi connectivity index (χ1n) is 11.9. The lowest BCUT2D eigenvalue weighted by Gasteiger charge is -2.24. The lowest BCUT2D eigenvalue weighted by molar-refractivity contribution is 0.233.